The van der Waals surface area contributed by atoms with Gasteiger partial charge in [-0.2, -0.15) is 4.98 Å². The van der Waals surface area contributed by atoms with Gasteiger partial charge in [0.15, 0.2) is 6.61 Å². The van der Waals surface area contributed by atoms with Gasteiger partial charge in [-0.3, -0.25) is 4.79 Å². The van der Waals surface area contributed by atoms with Crippen LogP contribution in [0.4, 0.5) is 0 Å². The zero-order valence-corrected chi connectivity index (χ0v) is 10.0. The average Bonchev–Trinajstić information content (AvgIpc) is 3.17. The van der Waals surface area contributed by atoms with Crippen LogP contribution in [0, 0.1) is 0 Å². The van der Waals surface area contributed by atoms with Gasteiger partial charge < -0.3 is 18.8 Å². The van der Waals surface area contributed by atoms with Crippen molar-refractivity contribution in [3.8, 4) is 5.75 Å². The molecule has 7 heteroatoms. The second-order valence-electron chi connectivity index (χ2n) is 4.34. The van der Waals surface area contributed by atoms with Gasteiger partial charge >= 0.3 is 0 Å². The maximum atomic E-state index is 11.6. The molecule has 2 heterocycles. The lowest BCUT2D eigenvalue weighted by atomic mass is 10.4. The van der Waals surface area contributed by atoms with E-state index >= 15 is 0 Å². The highest BCUT2D eigenvalue weighted by Gasteiger charge is 2.29. The molecule has 0 amide bonds. The standard InChI is InChI=1S/C12H12N2O5/c15-4-8-3-9(16)10(5-17-8)18-6-11-13-12(19-14-11)7-1-2-7/h3,5,7,15H,1-2,4,6H2. The molecule has 0 bridgehead atoms. The second-order valence-corrected chi connectivity index (χ2v) is 4.34. The average molecular weight is 264 g/mol. The van der Waals surface area contributed by atoms with E-state index in [1.807, 2.05) is 0 Å². The fourth-order valence-corrected chi connectivity index (χ4v) is 1.59. The van der Waals surface area contributed by atoms with Crippen molar-refractivity contribution in [3.05, 3.63) is 40.0 Å². The monoisotopic (exact) mass is 264 g/mol. The minimum Gasteiger partial charge on any atom is -0.478 e. The van der Waals surface area contributed by atoms with Crippen molar-refractivity contribution < 1.29 is 18.8 Å². The van der Waals surface area contributed by atoms with Crippen LogP contribution in [-0.4, -0.2) is 15.2 Å². The first-order valence-electron chi connectivity index (χ1n) is 5.94. The molecule has 100 valence electrons. The lowest BCUT2D eigenvalue weighted by Crippen LogP contribution is -2.08. The normalized spacial score (nSPS) is 14.6. The Morgan fingerprint density at radius 2 is 2.32 bits per heavy atom. The zero-order chi connectivity index (χ0) is 13.2. The van der Waals surface area contributed by atoms with E-state index in [1.54, 1.807) is 0 Å². The Labute approximate surface area is 107 Å². The Kier molecular flexibility index (Phi) is 3.04. The maximum Gasteiger partial charge on any atom is 0.229 e. The Morgan fingerprint density at radius 1 is 1.47 bits per heavy atom. The second kappa shape index (κ2) is 4.85. The Hall–Kier alpha value is -2.15. The highest BCUT2D eigenvalue weighted by Crippen LogP contribution is 2.38. The number of hydrogen-bond donors (Lipinski definition) is 1. The van der Waals surface area contributed by atoms with Gasteiger partial charge in [-0.25, -0.2) is 0 Å². The summed E-state index contributed by atoms with van der Waals surface area (Å²) >= 11 is 0. The lowest BCUT2D eigenvalue weighted by Gasteiger charge is -2.01. The quantitative estimate of drug-likeness (QED) is 0.858. The van der Waals surface area contributed by atoms with Crippen LogP contribution in [0.1, 0.15) is 36.2 Å². The molecule has 0 saturated heterocycles. The summed E-state index contributed by atoms with van der Waals surface area (Å²) < 4.78 is 15.3. The van der Waals surface area contributed by atoms with E-state index in [1.165, 1.54) is 6.07 Å². The van der Waals surface area contributed by atoms with E-state index in [0.29, 0.717) is 17.6 Å². The maximum absolute atomic E-state index is 11.6. The molecule has 2 aromatic heterocycles. The van der Waals surface area contributed by atoms with Crippen LogP contribution in [0.3, 0.4) is 0 Å². The molecule has 0 atom stereocenters. The van der Waals surface area contributed by atoms with Crippen LogP contribution in [0.2, 0.25) is 0 Å². The van der Waals surface area contributed by atoms with E-state index < -0.39 is 0 Å². The molecule has 2 aromatic rings. The first-order valence-corrected chi connectivity index (χ1v) is 5.94. The summed E-state index contributed by atoms with van der Waals surface area (Å²) in [5, 5.41) is 12.6. The third kappa shape index (κ3) is 2.65. The molecule has 19 heavy (non-hydrogen) atoms. The number of aliphatic hydroxyl groups is 1. The summed E-state index contributed by atoms with van der Waals surface area (Å²) in [4.78, 5) is 15.8. The smallest absolute Gasteiger partial charge is 0.229 e. The molecule has 7 nitrogen and oxygen atoms in total. The summed E-state index contributed by atoms with van der Waals surface area (Å²) in [5.41, 5.74) is -0.360. The van der Waals surface area contributed by atoms with Gasteiger partial charge in [0.2, 0.25) is 22.9 Å². The van der Waals surface area contributed by atoms with Crippen LogP contribution in [-0.2, 0) is 13.2 Å². The Bertz CT molecular complexity index is 629. The molecule has 1 aliphatic carbocycles. The number of rotatable bonds is 5. The summed E-state index contributed by atoms with van der Waals surface area (Å²) in [5.74, 6) is 1.65. The summed E-state index contributed by atoms with van der Waals surface area (Å²) in [6, 6.07) is 1.18. The highest BCUT2D eigenvalue weighted by atomic mass is 16.5. The predicted octanol–water partition coefficient (Wildman–Crippen LogP) is 0.972. The van der Waals surface area contributed by atoms with Crippen molar-refractivity contribution in [1.29, 1.82) is 0 Å². The minimum absolute atomic E-state index is 0.0411. The van der Waals surface area contributed by atoms with Crippen molar-refractivity contribution >= 4 is 0 Å². The van der Waals surface area contributed by atoms with Gasteiger partial charge in [0, 0.05) is 12.0 Å². The predicted molar refractivity (Wildman–Crippen MR) is 61.5 cm³/mol. The van der Waals surface area contributed by atoms with Crippen LogP contribution in [0.15, 0.2) is 26.1 Å². The third-order valence-corrected chi connectivity index (χ3v) is 2.78. The number of aliphatic hydroxyl groups excluding tert-OH is 1. The molecule has 1 N–H and O–H groups in total. The minimum atomic E-state index is -0.360. The molecule has 3 rings (SSSR count). The van der Waals surface area contributed by atoms with Crippen LogP contribution in [0.25, 0.3) is 0 Å². The molecule has 1 saturated carbocycles. The van der Waals surface area contributed by atoms with Crippen molar-refractivity contribution in [3.63, 3.8) is 0 Å². The van der Waals surface area contributed by atoms with Crippen molar-refractivity contribution in [2.45, 2.75) is 32.0 Å². The van der Waals surface area contributed by atoms with Crippen molar-refractivity contribution in [2.24, 2.45) is 0 Å². The SMILES string of the molecule is O=c1cc(CO)occ1OCc1noc(C2CC2)n1. The largest absolute Gasteiger partial charge is 0.478 e. The molecule has 1 fully saturated rings. The molecule has 0 aromatic carbocycles. The Morgan fingerprint density at radius 3 is 3.00 bits per heavy atom. The molecule has 0 aliphatic heterocycles. The third-order valence-electron chi connectivity index (χ3n) is 2.78. The van der Waals surface area contributed by atoms with Gasteiger partial charge in [0.05, 0.1) is 0 Å². The zero-order valence-electron chi connectivity index (χ0n) is 10.0. The molecule has 0 radical (unpaired) electrons. The van der Waals surface area contributed by atoms with Crippen LogP contribution in [0.5, 0.6) is 5.75 Å². The van der Waals surface area contributed by atoms with Crippen molar-refractivity contribution in [2.75, 3.05) is 0 Å². The Balaban J connectivity index is 1.66. The van der Waals surface area contributed by atoms with Gasteiger partial charge in [-0.05, 0) is 12.8 Å². The van der Waals surface area contributed by atoms with Gasteiger partial charge in [0.25, 0.3) is 0 Å². The molecule has 0 spiro atoms. The highest BCUT2D eigenvalue weighted by molar-refractivity contribution is 5.17. The molecular formula is C12H12N2O5. The molecular weight excluding hydrogens is 252 g/mol. The van der Waals surface area contributed by atoms with Gasteiger partial charge in [-0.15, -0.1) is 0 Å². The van der Waals surface area contributed by atoms with E-state index in [9.17, 15) is 4.79 Å². The number of ether oxygens (including phenoxy) is 1. The topological polar surface area (TPSA) is 98.6 Å². The fourth-order valence-electron chi connectivity index (χ4n) is 1.59. The first-order chi connectivity index (χ1) is 9.26. The van der Waals surface area contributed by atoms with E-state index in [4.69, 9.17) is 18.8 Å². The fraction of sp³-hybridized carbons (Fsp3) is 0.417. The number of nitrogens with zero attached hydrogens (tertiary/aromatic N) is 2. The van der Waals surface area contributed by atoms with Crippen LogP contribution < -0.4 is 10.2 Å². The van der Waals surface area contributed by atoms with Crippen LogP contribution >= 0.6 is 0 Å². The van der Waals surface area contributed by atoms with Gasteiger partial charge in [0.1, 0.15) is 18.6 Å². The van der Waals surface area contributed by atoms with E-state index in [2.05, 4.69) is 10.1 Å². The number of hydrogen-bond acceptors (Lipinski definition) is 7. The lowest BCUT2D eigenvalue weighted by molar-refractivity contribution is 0.234. The number of aromatic nitrogens is 2. The summed E-state index contributed by atoms with van der Waals surface area (Å²) in [7, 11) is 0. The first kappa shape index (κ1) is 11.9. The van der Waals surface area contributed by atoms with E-state index in [-0.39, 0.29) is 30.2 Å². The summed E-state index contributed by atoms with van der Waals surface area (Å²) in [6.07, 6.45) is 3.32. The van der Waals surface area contributed by atoms with E-state index in [0.717, 1.165) is 19.1 Å². The molecule has 0 unspecified atom stereocenters. The summed E-state index contributed by atoms with van der Waals surface area (Å²) in [6.45, 7) is -0.287. The molecule has 1 aliphatic rings. The van der Waals surface area contributed by atoms with Crippen molar-refractivity contribution in [1.82, 2.24) is 10.1 Å². The van der Waals surface area contributed by atoms with Gasteiger partial charge in [-0.1, -0.05) is 5.16 Å².